The first kappa shape index (κ1) is 12.4. The standard InChI is InChI=1S/C15H21N3O2/c1-11(19)17-6-7-18-12(9-17)8-16-14(18)15-4-2-13(3-5-15)20-10-15/h8,13H,2-7,9-10H2,1H3. The summed E-state index contributed by atoms with van der Waals surface area (Å²) in [6.07, 6.45) is 7.18. The molecular weight excluding hydrogens is 254 g/mol. The van der Waals surface area contributed by atoms with E-state index < -0.39 is 0 Å². The van der Waals surface area contributed by atoms with Crippen LogP contribution in [0.3, 0.4) is 0 Å². The molecule has 3 fully saturated rings. The molecule has 5 heteroatoms. The first-order valence-corrected chi connectivity index (χ1v) is 7.60. The van der Waals surface area contributed by atoms with E-state index in [1.54, 1.807) is 6.92 Å². The van der Waals surface area contributed by atoms with Crippen molar-refractivity contribution in [2.45, 2.75) is 57.2 Å². The summed E-state index contributed by atoms with van der Waals surface area (Å²) in [4.78, 5) is 18.1. The zero-order chi connectivity index (χ0) is 13.7. The summed E-state index contributed by atoms with van der Waals surface area (Å²) in [5, 5.41) is 0. The molecular formula is C15H21N3O2. The van der Waals surface area contributed by atoms with E-state index in [-0.39, 0.29) is 11.3 Å². The van der Waals surface area contributed by atoms with Crippen molar-refractivity contribution in [1.29, 1.82) is 0 Å². The number of fused-ring (bicyclic) bond motifs is 4. The summed E-state index contributed by atoms with van der Waals surface area (Å²) in [7, 11) is 0. The molecule has 5 rings (SSSR count). The van der Waals surface area contributed by atoms with Gasteiger partial charge in [0.2, 0.25) is 5.91 Å². The van der Waals surface area contributed by atoms with Gasteiger partial charge in [-0.2, -0.15) is 0 Å². The van der Waals surface area contributed by atoms with Gasteiger partial charge < -0.3 is 14.2 Å². The maximum atomic E-state index is 11.5. The summed E-state index contributed by atoms with van der Waals surface area (Å²) in [5.41, 5.74) is 1.30. The normalized spacial score (nSPS) is 32.2. The van der Waals surface area contributed by atoms with Crippen molar-refractivity contribution in [2.24, 2.45) is 0 Å². The predicted molar refractivity (Wildman–Crippen MR) is 73.2 cm³/mol. The summed E-state index contributed by atoms with van der Waals surface area (Å²) < 4.78 is 8.28. The van der Waals surface area contributed by atoms with Gasteiger partial charge in [0.05, 0.1) is 36.6 Å². The van der Waals surface area contributed by atoms with Gasteiger partial charge in [-0.1, -0.05) is 0 Å². The number of ether oxygens (including phenoxy) is 1. The number of imidazole rings is 1. The number of amides is 1. The van der Waals surface area contributed by atoms with Gasteiger partial charge in [-0.05, 0) is 25.7 Å². The van der Waals surface area contributed by atoms with Gasteiger partial charge >= 0.3 is 0 Å². The van der Waals surface area contributed by atoms with Crippen LogP contribution in [0.5, 0.6) is 0 Å². The second-order valence-electron chi connectivity index (χ2n) is 6.46. The third kappa shape index (κ3) is 1.72. The Morgan fingerprint density at radius 3 is 2.85 bits per heavy atom. The van der Waals surface area contributed by atoms with E-state index in [1.165, 1.54) is 37.2 Å². The highest BCUT2D eigenvalue weighted by atomic mass is 16.5. The SMILES string of the molecule is CC(=O)N1CCn2c(cnc2C23CCC(CC2)OC3)C1. The Hall–Kier alpha value is -1.36. The molecule has 2 bridgehead atoms. The van der Waals surface area contributed by atoms with Crippen LogP contribution in [-0.2, 0) is 28.0 Å². The molecule has 3 aliphatic heterocycles. The van der Waals surface area contributed by atoms with Crippen LogP contribution >= 0.6 is 0 Å². The Kier molecular flexibility index (Phi) is 2.67. The van der Waals surface area contributed by atoms with Crippen molar-refractivity contribution >= 4 is 5.91 Å². The average Bonchev–Trinajstić information content (AvgIpc) is 2.92. The summed E-state index contributed by atoms with van der Waals surface area (Å²) in [6.45, 7) is 4.83. The second-order valence-corrected chi connectivity index (χ2v) is 6.46. The molecule has 108 valence electrons. The van der Waals surface area contributed by atoms with Gasteiger partial charge in [0, 0.05) is 20.0 Å². The smallest absolute Gasteiger partial charge is 0.219 e. The van der Waals surface area contributed by atoms with E-state index >= 15 is 0 Å². The third-order valence-corrected chi connectivity index (χ3v) is 5.29. The molecule has 0 spiro atoms. The van der Waals surface area contributed by atoms with Gasteiger partial charge in [-0.15, -0.1) is 0 Å². The number of carbonyl (C=O) groups excluding carboxylic acids is 1. The Bertz CT molecular complexity index is 530. The van der Waals surface area contributed by atoms with Crippen LogP contribution in [-0.4, -0.2) is 39.6 Å². The van der Waals surface area contributed by atoms with Crippen molar-refractivity contribution < 1.29 is 9.53 Å². The summed E-state index contributed by atoms with van der Waals surface area (Å²) in [6, 6.07) is 0. The Labute approximate surface area is 118 Å². The van der Waals surface area contributed by atoms with Gasteiger partial charge in [0.1, 0.15) is 5.82 Å². The molecule has 20 heavy (non-hydrogen) atoms. The van der Waals surface area contributed by atoms with Gasteiger partial charge in [-0.3, -0.25) is 4.79 Å². The van der Waals surface area contributed by atoms with E-state index in [4.69, 9.17) is 9.72 Å². The molecule has 1 saturated carbocycles. The van der Waals surface area contributed by atoms with Gasteiger partial charge in [0.25, 0.3) is 0 Å². The number of carbonyl (C=O) groups is 1. The molecule has 0 atom stereocenters. The Morgan fingerprint density at radius 2 is 2.20 bits per heavy atom. The molecule has 0 unspecified atom stereocenters. The highest BCUT2D eigenvalue weighted by Crippen LogP contribution is 2.45. The Balaban J connectivity index is 1.66. The second kappa shape index (κ2) is 4.32. The number of hydrogen-bond acceptors (Lipinski definition) is 3. The van der Waals surface area contributed by atoms with Crippen molar-refractivity contribution in [3.63, 3.8) is 0 Å². The van der Waals surface area contributed by atoms with Crippen molar-refractivity contribution in [3.8, 4) is 0 Å². The maximum Gasteiger partial charge on any atom is 0.219 e. The fourth-order valence-electron chi connectivity index (χ4n) is 3.99. The fourth-order valence-corrected chi connectivity index (χ4v) is 3.99. The van der Waals surface area contributed by atoms with Crippen LogP contribution in [0.2, 0.25) is 0 Å². The summed E-state index contributed by atoms with van der Waals surface area (Å²) in [5.74, 6) is 1.35. The van der Waals surface area contributed by atoms with Crippen LogP contribution in [0, 0.1) is 0 Å². The zero-order valence-electron chi connectivity index (χ0n) is 12.0. The average molecular weight is 275 g/mol. The molecule has 1 amide bonds. The lowest BCUT2D eigenvalue weighted by atomic mass is 9.70. The fraction of sp³-hybridized carbons (Fsp3) is 0.733. The topological polar surface area (TPSA) is 47.4 Å². The molecule has 4 aliphatic rings. The van der Waals surface area contributed by atoms with Crippen molar-refractivity contribution in [1.82, 2.24) is 14.5 Å². The van der Waals surface area contributed by atoms with Crippen molar-refractivity contribution in [3.05, 3.63) is 17.7 Å². The lowest BCUT2D eigenvalue weighted by molar-refractivity contribution is -0.130. The van der Waals surface area contributed by atoms with E-state index in [9.17, 15) is 4.79 Å². The van der Waals surface area contributed by atoms with Gasteiger partial charge in [-0.25, -0.2) is 4.98 Å². The first-order valence-electron chi connectivity index (χ1n) is 7.60. The molecule has 2 saturated heterocycles. The minimum atomic E-state index is 0.130. The van der Waals surface area contributed by atoms with E-state index in [2.05, 4.69) is 4.57 Å². The Morgan fingerprint density at radius 1 is 1.40 bits per heavy atom. The molecule has 5 nitrogen and oxygen atoms in total. The molecule has 0 N–H and O–H groups in total. The summed E-state index contributed by atoms with van der Waals surface area (Å²) >= 11 is 0. The van der Waals surface area contributed by atoms with Crippen LogP contribution in [0.4, 0.5) is 0 Å². The van der Waals surface area contributed by atoms with Crippen LogP contribution in [0.15, 0.2) is 6.20 Å². The van der Waals surface area contributed by atoms with E-state index in [1.807, 2.05) is 11.1 Å². The minimum Gasteiger partial charge on any atom is -0.377 e. The highest BCUT2D eigenvalue weighted by molar-refractivity contribution is 5.73. The predicted octanol–water partition coefficient (Wildman–Crippen LogP) is 1.46. The van der Waals surface area contributed by atoms with E-state index in [0.717, 1.165) is 19.7 Å². The van der Waals surface area contributed by atoms with Gasteiger partial charge in [0.15, 0.2) is 0 Å². The molecule has 1 aliphatic carbocycles. The number of aromatic nitrogens is 2. The number of hydrogen-bond donors (Lipinski definition) is 0. The highest BCUT2D eigenvalue weighted by Gasteiger charge is 2.46. The largest absolute Gasteiger partial charge is 0.377 e. The molecule has 0 radical (unpaired) electrons. The van der Waals surface area contributed by atoms with Crippen molar-refractivity contribution in [2.75, 3.05) is 13.2 Å². The third-order valence-electron chi connectivity index (χ3n) is 5.29. The number of nitrogens with zero attached hydrogens (tertiary/aromatic N) is 3. The first-order chi connectivity index (χ1) is 9.68. The van der Waals surface area contributed by atoms with Crippen LogP contribution in [0.25, 0.3) is 0 Å². The van der Waals surface area contributed by atoms with Crippen LogP contribution in [0.1, 0.15) is 44.1 Å². The monoisotopic (exact) mass is 275 g/mol. The molecule has 4 heterocycles. The van der Waals surface area contributed by atoms with Crippen LogP contribution < -0.4 is 0 Å². The minimum absolute atomic E-state index is 0.130. The zero-order valence-corrected chi connectivity index (χ0v) is 12.0. The maximum absolute atomic E-state index is 11.5. The molecule has 1 aromatic rings. The quantitative estimate of drug-likeness (QED) is 0.779. The molecule has 1 aromatic heterocycles. The number of rotatable bonds is 1. The van der Waals surface area contributed by atoms with E-state index in [0.29, 0.717) is 12.6 Å². The lowest BCUT2D eigenvalue weighted by Gasteiger charge is -2.46. The lowest BCUT2D eigenvalue weighted by Crippen LogP contribution is -2.48. The molecule has 0 aromatic carbocycles.